The summed E-state index contributed by atoms with van der Waals surface area (Å²) in [5.41, 5.74) is 4.48. The average Bonchev–Trinajstić information content (AvgIpc) is 3.43. The van der Waals surface area contributed by atoms with Crippen LogP contribution >= 0.6 is 11.6 Å². The standard InChI is InChI=1S/C24H29ClN6O/c1-24(2)9-21-19(11-28-31(21)14-24)18-8-22(26-12-20(18)25)29-23(32)16-6-4-5-15(7-16)17-10-27-30(3)13-17/h8,10-13,15-16H,4-7,9,14H2,1-3H3,(H,26,29,32)/t15-,16+/m1/s1. The van der Waals surface area contributed by atoms with Gasteiger partial charge >= 0.3 is 0 Å². The number of halogens is 1. The summed E-state index contributed by atoms with van der Waals surface area (Å²) in [6, 6.07) is 1.88. The maximum absolute atomic E-state index is 13.1. The number of rotatable bonds is 4. The second kappa shape index (κ2) is 8.03. The Morgan fingerprint density at radius 1 is 1.19 bits per heavy atom. The molecule has 3 aromatic heterocycles. The molecule has 32 heavy (non-hydrogen) atoms. The Morgan fingerprint density at radius 2 is 2.03 bits per heavy atom. The quantitative estimate of drug-likeness (QED) is 0.615. The van der Waals surface area contributed by atoms with Crippen LogP contribution in [0.5, 0.6) is 0 Å². The molecule has 4 heterocycles. The van der Waals surface area contributed by atoms with Crippen LogP contribution in [0.1, 0.15) is 56.7 Å². The van der Waals surface area contributed by atoms with Gasteiger partial charge in [-0.25, -0.2) is 4.98 Å². The number of carbonyl (C=O) groups is 1. The third-order valence-electron chi connectivity index (χ3n) is 6.81. The number of aromatic nitrogens is 5. The first-order chi connectivity index (χ1) is 15.3. The van der Waals surface area contributed by atoms with Crippen LogP contribution in [-0.4, -0.2) is 30.5 Å². The van der Waals surface area contributed by atoms with Crippen molar-refractivity contribution in [2.45, 2.75) is 58.4 Å². The zero-order valence-corrected chi connectivity index (χ0v) is 19.6. The summed E-state index contributed by atoms with van der Waals surface area (Å²) in [4.78, 5) is 17.5. The van der Waals surface area contributed by atoms with Crippen molar-refractivity contribution in [3.05, 3.63) is 47.1 Å². The number of hydrogen-bond donors (Lipinski definition) is 1. The van der Waals surface area contributed by atoms with Gasteiger partial charge in [-0.15, -0.1) is 0 Å². The fourth-order valence-electron chi connectivity index (χ4n) is 5.20. The van der Waals surface area contributed by atoms with Crippen molar-refractivity contribution in [1.82, 2.24) is 24.5 Å². The van der Waals surface area contributed by atoms with Gasteiger partial charge in [-0.3, -0.25) is 14.2 Å². The Kier molecular flexibility index (Phi) is 5.32. The fourth-order valence-corrected chi connectivity index (χ4v) is 5.40. The van der Waals surface area contributed by atoms with E-state index in [0.717, 1.165) is 49.8 Å². The first-order valence-corrected chi connectivity index (χ1v) is 11.7. The van der Waals surface area contributed by atoms with Crippen LogP contribution in [0, 0.1) is 11.3 Å². The molecule has 168 valence electrons. The summed E-state index contributed by atoms with van der Waals surface area (Å²) in [7, 11) is 1.93. The first-order valence-electron chi connectivity index (χ1n) is 11.3. The van der Waals surface area contributed by atoms with Gasteiger partial charge in [0.15, 0.2) is 0 Å². The molecule has 1 N–H and O–H groups in total. The monoisotopic (exact) mass is 452 g/mol. The van der Waals surface area contributed by atoms with E-state index in [-0.39, 0.29) is 17.2 Å². The summed E-state index contributed by atoms with van der Waals surface area (Å²) in [6.45, 7) is 5.39. The highest BCUT2D eigenvalue weighted by Gasteiger charge is 2.32. The lowest BCUT2D eigenvalue weighted by Crippen LogP contribution is -2.27. The number of anilines is 1. The molecule has 7 nitrogen and oxygen atoms in total. The molecule has 0 spiro atoms. The van der Waals surface area contributed by atoms with Gasteiger partial charge in [-0.2, -0.15) is 10.2 Å². The second-order valence-corrected chi connectivity index (χ2v) is 10.5. The Bertz CT molecular complexity index is 1160. The molecule has 1 amide bonds. The zero-order valence-electron chi connectivity index (χ0n) is 18.8. The summed E-state index contributed by atoms with van der Waals surface area (Å²) < 4.78 is 3.89. The van der Waals surface area contributed by atoms with Gasteiger partial charge in [0.2, 0.25) is 5.91 Å². The van der Waals surface area contributed by atoms with Crippen LogP contribution in [-0.2, 0) is 24.8 Å². The van der Waals surface area contributed by atoms with Gasteiger partial charge in [0.1, 0.15) is 5.82 Å². The minimum Gasteiger partial charge on any atom is -0.310 e. The van der Waals surface area contributed by atoms with E-state index in [4.69, 9.17) is 11.6 Å². The number of nitrogens with zero attached hydrogens (tertiary/aromatic N) is 5. The number of pyridine rings is 1. The highest BCUT2D eigenvalue weighted by molar-refractivity contribution is 6.33. The minimum absolute atomic E-state index is 0.0285. The van der Waals surface area contributed by atoms with Crippen molar-refractivity contribution < 1.29 is 4.79 Å². The van der Waals surface area contributed by atoms with Crippen molar-refractivity contribution >= 4 is 23.3 Å². The zero-order chi connectivity index (χ0) is 22.5. The van der Waals surface area contributed by atoms with Gasteiger partial charge in [0, 0.05) is 48.7 Å². The lowest BCUT2D eigenvalue weighted by Gasteiger charge is -2.27. The molecule has 0 aromatic carbocycles. The third-order valence-corrected chi connectivity index (χ3v) is 7.11. The topological polar surface area (TPSA) is 77.6 Å². The maximum Gasteiger partial charge on any atom is 0.228 e. The van der Waals surface area contributed by atoms with Crippen LogP contribution < -0.4 is 5.32 Å². The normalized spacial score (nSPS) is 22.0. The van der Waals surface area contributed by atoms with Crippen molar-refractivity contribution in [3.63, 3.8) is 0 Å². The molecule has 5 rings (SSSR count). The van der Waals surface area contributed by atoms with Gasteiger partial charge in [-0.1, -0.05) is 31.9 Å². The Labute approximate surface area is 193 Å². The van der Waals surface area contributed by atoms with E-state index < -0.39 is 0 Å². The highest BCUT2D eigenvalue weighted by Crippen LogP contribution is 2.40. The molecule has 1 aliphatic carbocycles. The lowest BCUT2D eigenvalue weighted by molar-refractivity contribution is -0.120. The molecule has 0 saturated heterocycles. The van der Waals surface area contributed by atoms with Crippen LogP contribution in [0.2, 0.25) is 5.02 Å². The highest BCUT2D eigenvalue weighted by atomic mass is 35.5. The molecule has 3 aromatic rings. The smallest absolute Gasteiger partial charge is 0.228 e. The van der Waals surface area contributed by atoms with Crippen LogP contribution in [0.3, 0.4) is 0 Å². The van der Waals surface area contributed by atoms with E-state index >= 15 is 0 Å². The molecule has 0 unspecified atom stereocenters. The van der Waals surface area contributed by atoms with E-state index in [2.05, 4.69) is 45.2 Å². The molecule has 1 saturated carbocycles. The Morgan fingerprint density at radius 3 is 2.81 bits per heavy atom. The molecule has 0 radical (unpaired) electrons. The van der Waals surface area contributed by atoms with Crippen molar-refractivity contribution in [2.24, 2.45) is 18.4 Å². The van der Waals surface area contributed by atoms with Crippen LogP contribution in [0.25, 0.3) is 11.1 Å². The number of nitrogens with one attached hydrogen (secondary N) is 1. The van der Waals surface area contributed by atoms with Gasteiger partial charge < -0.3 is 5.32 Å². The van der Waals surface area contributed by atoms with Gasteiger partial charge in [-0.05, 0) is 48.6 Å². The molecule has 0 bridgehead atoms. The number of aryl methyl sites for hydroxylation is 1. The van der Waals surface area contributed by atoms with Crippen molar-refractivity contribution in [3.8, 4) is 11.1 Å². The predicted octanol–water partition coefficient (Wildman–Crippen LogP) is 4.83. The summed E-state index contributed by atoms with van der Waals surface area (Å²) in [5, 5.41) is 12.5. The fraction of sp³-hybridized carbons (Fsp3) is 0.500. The molecular formula is C24H29ClN6O. The van der Waals surface area contributed by atoms with Crippen molar-refractivity contribution in [2.75, 3.05) is 5.32 Å². The summed E-state index contributed by atoms with van der Waals surface area (Å²) >= 11 is 6.51. The molecule has 1 aliphatic heterocycles. The maximum atomic E-state index is 13.1. The third kappa shape index (κ3) is 4.06. The van der Waals surface area contributed by atoms with E-state index in [9.17, 15) is 4.79 Å². The number of hydrogen-bond acceptors (Lipinski definition) is 4. The lowest BCUT2D eigenvalue weighted by atomic mass is 9.78. The number of carbonyl (C=O) groups excluding carboxylic acids is 1. The molecule has 2 aliphatic rings. The molecule has 1 fully saturated rings. The summed E-state index contributed by atoms with van der Waals surface area (Å²) in [6.07, 6.45) is 12.3. The van der Waals surface area contributed by atoms with E-state index in [1.165, 1.54) is 11.3 Å². The van der Waals surface area contributed by atoms with E-state index in [1.807, 2.05) is 30.2 Å². The van der Waals surface area contributed by atoms with Crippen molar-refractivity contribution in [1.29, 1.82) is 0 Å². The molecule has 8 heteroatoms. The predicted molar refractivity (Wildman–Crippen MR) is 124 cm³/mol. The molecular weight excluding hydrogens is 424 g/mol. The Hall–Kier alpha value is -2.67. The van der Waals surface area contributed by atoms with Gasteiger partial charge in [0.25, 0.3) is 0 Å². The van der Waals surface area contributed by atoms with Crippen LogP contribution in [0.15, 0.2) is 30.9 Å². The Balaban J connectivity index is 1.33. The largest absolute Gasteiger partial charge is 0.310 e. The number of fused-ring (bicyclic) bond motifs is 1. The van der Waals surface area contributed by atoms with Gasteiger partial charge in [0.05, 0.1) is 17.4 Å². The average molecular weight is 453 g/mol. The first kappa shape index (κ1) is 21.2. The second-order valence-electron chi connectivity index (χ2n) is 10.1. The van der Waals surface area contributed by atoms with E-state index in [0.29, 0.717) is 16.8 Å². The van der Waals surface area contributed by atoms with E-state index in [1.54, 1.807) is 6.20 Å². The summed E-state index contributed by atoms with van der Waals surface area (Å²) in [5.74, 6) is 0.909. The SMILES string of the molecule is Cn1cc([C@@H]2CCC[C@H](C(=O)Nc3cc(-c4cnn5c4CC(C)(C)C5)c(Cl)cn3)C2)cn1. The minimum atomic E-state index is -0.0314. The molecule has 2 atom stereocenters. The number of amides is 1. The van der Waals surface area contributed by atoms with Crippen LogP contribution in [0.4, 0.5) is 5.82 Å².